The Morgan fingerprint density at radius 2 is 1.65 bits per heavy atom. The highest BCUT2D eigenvalue weighted by atomic mass is 16.1. The SMILES string of the molecule is CC.CC.CC.CN1CCC(n2c(=O)[nH]c3cnccc32)CC1. The van der Waals surface area contributed by atoms with E-state index >= 15 is 0 Å². The fourth-order valence-electron chi connectivity index (χ4n) is 2.59. The second-order valence-electron chi connectivity index (χ2n) is 4.73. The van der Waals surface area contributed by atoms with Crippen molar-refractivity contribution in [3.63, 3.8) is 0 Å². The summed E-state index contributed by atoms with van der Waals surface area (Å²) < 4.78 is 1.89. The number of pyridine rings is 1. The summed E-state index contributed by atoms with van der Waals surface area (Å²) in [6.07, 6.45) is 5.51. The van der Waals surface area contributed by atoms with E-state index in [1.807, 2.05) is 52.2 Å². The number of aromatic amines is 1. The summed E-state index contributed by atoms with van der Waals surface area (Å²) in [5, 5.41) is 0. The van der Waals surface area contributed by atoms with Crippen LogP contribution in [-0.4, -0.2) is 39.6 Å². The van der Waals surface area contributed by atoms with Crippen molar-refractivity contribution in [3.8, 4) is 0 Å². The number of piperidine rings is 1. The molecule has 5 nitrogen and oxygen atoms in total. The molecule has 132 valence electrons. The molecule has 1 N–H and O–H groups in total. The zero-order valence-electron chi connectivity index (χ0n) is 15.9. The number of H-pyrrole nitrogens is 1. The Balaban J connectivity index is 0.000000728. The Labute approximate surface area is 140 Å². The van der Waals surface area contributed by atoms with Crippen LogP contribution in [0.3, 0.4) is 0 Å². The van der Waals surface area contributed by atoms with Crippen molar-refractivity contribution in [2.45, 2.75) is 60.4 Å². The van der Waals surface area contributed by atoms with Crippen LogP contribution >= 0.6 is 0 Å². The molecule has 0 aliphatic carbocycles. The van der Waals surface area contributed by atoms with Crippen LogP contribution in [0.5, 0.6) is 0 Å². The van der Waals surface area contributed by atoms with Gasteiger partial charge in [0.1, 0.15) is 0 Å². The summed E-state index contributed by atoms with van der Waals surface area (Å²) in [7, 11) is 2.12. The smallest absolute Gasteiger partial charge is 0.306 e. The third kappa shape index (κ3) is 5.50. The summed E-state index contributed by atoms with van der Waals surface area (Å²) in [6, 6.07) is 2.22. The molecule has 1 saturated heterocycles. The van der Waals surface area contributed by atoms with Gasteiger partial charge in [0.25, 0.3) is 0 Å². The number of likely N-dealkylation sites (tertiary alicyclic amines) is 1. The fourth-order valence-corrected chi connectivity index (χ4v) is 2.59. The average molecular weight is 322 g/mol. The first-order chi connectivity index (χ1) is 11.3. The molecule has 0 atom stereocenters. The van der Waals surface area contributed by atoms with Gasteiger partial charge in [0.05, 0.1) is 17.2 Å². The largest absolute Gasteiger partial charge is 0.326 e. The molecule has 0 saturated carbocycles. The van der Waals surface area contributed by atoms with Crippen LogP contribution in [0.15, 0.2) is 23.3 Å². The molecule has 0 bridgehead atoms. The number of rotatable bonds is 1. The fraction of sp³-hybridized carbons (Fsp3) is 0.667. The lowest BCUT2D eigenvalue weighted by Crippen LogP contribution is -2.34. The van der Waals surface area contributed by atoms with Gasteiger partial charge in [0.15, 0.2) is 0 Å². The Morgan fingerprint density at radius 1 is 1.09 bits per heavy atom. The summed E-state index contributed by atoms with van der Waals surface area (Å²) in [6.45, 7) is 14.1. The van der Waals surface area contributed by atoms with Gasteiger partial charge >= 0.3 is 5.69 Å². The number of nitrogens with zero attached hydrogens (tertiary/aromatic N) is 3. The van der Waals surface area contributed by atoms with E-state index < -0.39 is 0 Å². The predicted octanol–water partition coefficient (Wildman–Crippen LogP) is 4.07. The van der Waals surface area contributed by atoms with Crippen LogP contribution in [-0.2, 0) is 0 Å². The lowest BCUT2D eigenvalue weighted by atomic mass is 10.1. The first-order valence-corrected chi connectivity index (χ1v) is 8.98. The van der Waals surface area contributed by atoms with Gasteiger partial charge in [0.2, 0.25) is 0 Å². The zero-order chi connectivity index (χ0) is 17.8. The Hall–Kier alpha value is -1.62. The van der Waals surface area contributed by atoms with Gasteiger partial charge < -0.3 is 9.88 Å². The van der Waals surface area contributed by atoms with Crippen LogP contribution in [0, 0.1) is 0 Å². The zero-order valence-corrected chi connectivity index (χ0v) is 15.9. The van der Waals surface area contributed by atoms with Crippen LogP contribution < -0.4 is 5.69 Å². The van der Waals surface area contributed by atoms with Crippen molar-refractivity contribution in [2.24, 2.45) is 0 Å². The van der Waals surface area contributed by atoms with Gasteiger partial charge in [-0.05, 0) is 39.0 Å². The van der Waals surface area contributed by atoms with Crippen LogP contribution in [0.4, 0.5) is 0 Å². The van der Waals surface area contributed by atoms with Gasteiger partial charge in [-0.3, -0.25) is 9.55 Å². The molecule has 23 heavy (non-hydrogen) atoms. The van der Waals surface area contributed by atoms with E-state index in [4.69, 9.17) is 0 Å². The van der Waals surface area contributed by atoms with E-state index in [1.54, 1.807) is 12.4 Å². The molecule has 2 aromatic heterocycles. The lowest BCUT2D eigenvalue weighted by molar-refractivity contribution is 0.221. The van der Waals surface area contributed by atoms with Crippen LogP contribution in [0.2, 0.25) is 0 Å². The third-order valence-corrected chi connectivity index (χ3v) is 3.57. The third-order valence-electron chi connectivity index (χ3n) is 3.57. The highest BCUT2D eigenvalue weighted by Gasteiger charge is 2.21. The minimum absolute atomic E-state index is 0.0115. The van der Waals surface area contributed by atoms with E-state index in [-0.39, 0.29) is 5.69 Å². The Kier molecular flexibility index (Phi) is 11.0. The lowest BCUT2D eigenvalue weighted by Gasteiger charge is -2.29. The highest BCUT2D eigenvalue weighted by molar-refractivity contribution is 5.73. The molecular formula is C18H34N4O. The van der Waals surface area contributed by atoms with Gasteiger partial charge in [-0.15, -0.1) is 0 Å². The van der Waals surface area contributed by atoms with E-state index in [0.717, 1.165) is 37.0 Å². The molecule has 0 spiro atoms. The number of aromatic nitrogens is 3. The Morgan fingerprint density at radius 3 is 2.22 bits per heavy atom. The monoisotopic (exact) mass is 322 g/mol. The van der Waals surface area contributed by atoms with Crippen molar-refractivity contribution in [1.29, 1.82) is 0 Å². The molecule has 0 unspecified atom stereocenters. The normalized spacial score (nSPS) is 14.7. The quantitative estimate of drug-likeness (QED) is 0.861. The maximum absolute atomic E-state index is 12.0. The standard InChI is InChI=1S/C12H16N4O.3C2H6/c1-15-6-3-9(4-7-15)16-11-2-5-13-8-10(11)14-12(16)17;3*1-2/h2,5,8-9H,3-4,6-7H2,1H3,(H,14,17);3*1-2H3. The minimum atomic E-state index is -0.0115. The minimum Gasteiger partial charge on any atom is -0.306 e. The molecule has 0 amide bonds. The molecule has 0 radical (unpaired) electrons. The van der Waals surface area contributed by atoms with Crippen molar-refractivity contribution >= 4 is 11.0 Å². The predicted molar refractivity (Wildman–Crippen MR) is 100 cm³/mol. The second-order valence-corrected chi connectivity index (χ2v) is 4.73. The average Bonchev–Trinajstić information content (AvgIpc) is 2.97. The van der Waals surface area contributed by atoms with Crippen molar-refractivity contribution in [2.75, 3.05) is 20.1 Å². The number of nitrogens with one attached hydrogen (secondary N) is 1. The van der Waals surface area contributed by atoms with E-state index in [2.05, 4.69) is 21.9 Å². The maximum Gasteiger partial charge on any atom is 0.326 e. The maximum atomic E-state index is 12.0. The van der Waals surface area contributed by atoms with Crippen molar-refractivity contribution in [3.05, 3.63) is 28.9 Å². The van der Waals surface area contributed by atoms with Crippen molar-refractivity contribution in [1.82, 2.24) is 19.4 Å². The molecule has 2 aromatic rings. The number of fused-ring (bicyclic) bond motifs is 1. The molecule has 1 aliphatic rings. The van der Waals surface area contributed by atoms with Crippen LogP contribution in [0.1, 0.15) is 60.4 Å². The van der Waals surface area contributed by atoms with Gasteiger partial charge in [-0.2, -0.15) is 0 Å². The molecule has 3 heterocycles. The van der Waals surface area contributed by atoms with Gasteiger partial charge in [-0.25, -0.2) is 4.79 Å². The van der Waals surface area contributed by atoms with E-state index in [1.165, 1.54) is 0 Å². The second kappa shape index (κ2) is 11.9. The van der Waals surface area contributed by atoms with Crippen molar-refractivity contribution < 1.29 is 0 Å². The first kappa shape index (κ1) is 21.4. The number of imidazole rings is 1. The summed E-state index contributed by atoms with van der Waals surface area (Å²) >= 11 is 0. The van der Waals surface area contributed by atoms with E-state index in [9.17, 15) is 4.79 Å². The highest BCUT2D eigenvalue weighted by Crippen LogP contribution is 2.23. The summed E-state index contributed by atoms with van der Waals surface area (Å²) in [5.41, 5.74) is 1.79. The summed E-state index contributed by atoms with van der Waals surface area (Å²) in [5.74, 6) is 0. The first-order valence-electron chi connectivity index (χ1n) is 8.98. The molecular weight excluding hydrogens is 288 g/mol. The summed E-state index contributed by atoms with van der Waals surface area (Å²) in [4.78, 5) is 21.2. The molecule has 0 aromatic carbocycles. The van der Waals surface area contributed by atoms with Gasteiger partial charge in [-0.1, -0.05) is 41.5 Å². The number of hydrogen-bond donors (Lipinski definition) is 1. The van der Waals surface area contributed by atoms with Gasteiger partial charge in [0, 0.05) is 12.2 Å². The Bertz CT molecular complexity index is 580. The van der Waals surface area contributed by atoms with E-state index in [0.29, 0.717) is 6.04 Å². The molecule has 1 aliphatic heterocycles. The van der Waals surface area contributed by atoms with Crippen LogP contribution in [0.25, 0.3) is 11.0 Å². The molecule has 1 fully saturated rings. The molecule has 3 rings (SSSR count). The number of hydrogen-bond acceptors (Lipinski definition) is 3. The molecule has 5 heteroatoms. The topological polar surface area (TPSA) is 53.9 Å².